The minimum absolute atomic E-state index is 0.582. The van der Waals surface area contributed by atoms with Gasteiger partial charge in [0, 0.05) is 33.0 Å². The quantitative estimate of drug-likeness (QED) is 0.149. The third-order valence-corrected chi connectivity index (χ3v) is 14.9. The van der Waals surface area contributed by atoms with Gasteiger partial charge in [-0.2, -0.15) is 0 Å². The number of aromatic nitrogens is 5. The van der Waals surface area contributed by atoms with Gasteiger partial charge in [-0.25, -0.2) is 19.9 Å². The van der Waals surface area contributed by atoms with Crippen LogP contribution in [0.15, 0.2) is 229 Å². The third-order valence-electron chi connectivity index (χ3n) is 14.9. The Morgan fingerprint density at radius 1 is 0.419 bits per heavy atom. The van der Waals surface area contributed by atoms with Gasteiger partial charge < -0.3 is 8.98 Å². The first kappa shape index (κ1) is 42.0. The average molecular weight is 946 g/mol. The van der Waals surface area contributed by atoms with E-state index in [1.54, 1.807) is 0 Å². The maximum Gasteiger partial charge on any atom is 0.227 e. The molecule has 0 atom stereocenters. The number of hydrogen-bond donors (Lipinski definition) is 0. The molecule has 6 nitrogen and oxygen atoms in total. The van der Waals surface area contributed by atoms with Crippen molar-refractivity contribution in [1.29, 1.82) is 0 Å². The SMILES string of the molecule is C1=c2nc(-c3cc(-c4ccccc4)cc(-c4ccccc4)c3)oc2=C(n2c3ccccc3c3ccc4c(c32)/C(=C/c2nc(-c3ccccc3)nc(-c3cc5ccccc5c5ccccc35)n2)c2ccccc2-4)CC1. The van der Waals surface area contributed by atoms with Crippen LogP contribution in [0, 0.1) is 0 Å². The summed E-state index contributed by atoms with van der Waals surface area (Å²) in [6.07, 6.45) is 6.00. The van der Waals surface area contributed by atoms with Crippen LogP contribution in [0.25, 0.3) is 134 Å². The van der Waals surface area contributed by atoms with Crippen molar-refractivity contribution in [2.45, 2.75) is 12.8 Å². The molecule has 2 aliphatic rings. The Bertz CT molecular complexity index is 4530. The zero-order chi connectivity index (χ0) is 48.7. The first-order valence-corrected chi connectivity index (χ1v) is 25.3. The number of benzene rings is 10. The van der Waals surface area contributed by atoms with Gasteiger partial charge in [0.15, 0.2) is 22.9 Å². The first-order chi connectivity index (χ1) is 36.7. The normalized spacial score (nSPS) is 13.4. The molecule has 3 heterocycles. The Morgan fingerprint density at radius 2 is 1.03 bits per heavy atom. The number of para-hydroxylation sites is 1. The van der Waals surface area contributed by atoms with E-state index in [0.29, 0.717) is 23.4 Å². The van der Waals surface area contributed by atoms with Gasteiger partial charge in [-0.05, 0) is 115 Å². The monoisotopic (exact) mass is 945 g/mol. The van der Waals surface area contributed by atoms with Crippen LogP contribution >= 0.6 is 0 Å². The van der Waals surface area contributed by atoms with E-state index in [4.69, 9.17) is 24.4 Å². The largest absolute Gasteiger partial charge is 0.434 e. The Kier molecular flexibility index (Phi) is 9.60. The highest BCUT2D eigenvalue weighted by molar-refractivity contribution is 6.20. The fraction of sp³-hybridized carbons (Fsp3) is 0.0294. The summed E-state index contributed by atoms with van der Waals surface area (Å²) in [4.78, 5) is 21.2. The van der Waals surface area contributed by atoms with Crippen LogP contribution in [-0.2, 0) is 0 Å². The van der Waals surface area contributed by atoms with Gasteiger partial charge in [-0.1, -0.05) is 200 Å². The Labute approximate surface area is 426 Å². The minimum atomic E-state index is 0.582. The molecule has 3 aromatic heterocycles. The minimum Gasteiger partial charge on any atom is -0.434 e. The number of hydrogen-bond acceptors (Lipinski definition) is 5. The molecule has 0 radical (unpaired) electrons. The zero-order valence-electron chi connectivity index (χ0n) is 40.1. The molecular weight excluding hydrogens is 903 g/mol. The molecule has 0 aliphatic heterocycles. The van der Waals surface area contributed by atoms with E-state index in [0.717, 1.165) is 123 Å². The van der Waals surface area contributed by atoms with E-state index in [1.807, 2.05) is 18.2 Å². The van der Waals surface area contributed by atoms with Crippen molar-refractivity contribution in [2.75, 3.05) is 0 Å². The molecule has 0 saturated heterocycles. The maximum atomic E-state index is 7.14. The van der Waals surface area contributed by atoms with Crippen molar-refractivity contribution in [3.05, 3.63) is 252 Å². The van der Waals surface area contributed by atoms with Gasteiger partial charge in [0.05, 0.1) is 16.7 Å². The van der Waals surface area contributed by atoms with Crippen LogP contribution < -0.4 is 10.8 Å². The van der Waals surface area contributed by atoms with Crippen molar-refractivity contribution in [2.24, 2.45) is 0 Å². The molecule has 0 amide bonds. The lowest BCUT2D eigenvalue weighted by atomic mass is 9.96. The molecule has 10 aromatic carbocycles. The second-order valence-corrected chi connectivity index (χ2v) is 19.2. The van der Waals surface area contributed by atoms with Gasteiger partial charge in [0.1, 0.15) is 5.35 Å². The standard InChI is InChI=1S/C68H43N5O/c1-4-19-42(20-5-1)46-37-47(43-21-6-2-7-22-43)39-48(38-46)68-69-59-32-18-34-61(65(59)74-68)73-60-33-17-16-31-54(60)56-36-35-55-51-28-13-14-29-52(51)57(63(55)64(56)73)41-62-70-66(44-23-8-3-9-24-44)72-67(71-62)58-40-45-25-10-11-26-49(45)50-27-12-15-30-53(50)58/h1-17,19-33,35-41H,18,34H2/b57-41+. The van der Waals surface area contributed by atoms with E-state index >= 15 is 0 Å². The highest BCUT2D eigenvalue weighted by Crippen LogP contribution is 2.50. The predicted octanol–water partition coefficient (Wildman–Crippen LogP) is 15.4. The second kappa shape index (κ2) is 16.9. The summed E-state index contributed by atoms with van der Waals surface area (Å²) in [6.45, 7) is 0. The lowest BCUT2D eigenvalue weighted by Gasteiger charge is -2.16. The highest BCUT2D eigenvalue weighted by Gasteiger charge is 2.31. The van der Waals surface area contributed by atoms with Crippen LogP contribution in [0.1, 0.15) is 29.8 Å². The van der Waals surface area contributed by atoms with Crippen molar-refractivity contribution in [3.63, 3.8) is 0 Å². The molecule has 13 aromatic rings. The molecule has 0 spiro atoms. The van der Waals surface area contributed by atoms with Crippen LogP contribution in [0.3, 0.4) is 0 Å². The van der Waals surface area contributed by atoms with E-state index in [9.17, 15) is 0 Å². The molecule has 0 saturated carbocycles. The molecule has 0 unspecified atom stereocenters. The number of nitrogens with zero attached hydrogens (tertiary/aromatic N) is 5. The number of fused-ring (bicyclic) bond motifs is 11. The zero-order valence-corrected chi connectivity index (χ0v) is 40.1. The molecule has 6 heteroatoms. The molecule has 74 heavy (non-hydrogen) atoms. The Balaban J connectivity index is 0.974. The van der Waals surface area contributed by atoms with Crippen LogP contribution in [0.2, 0.25) is 0 Å². The molecule has 0 fully saturated rings. The van der Waals surface area contributed by atoms with E-state index < -0.39 is 0 Å². The molecular formula is C68H43N5O. The van der Waals surface area contributed by atoms with E-state index in [2.05, 4.69) is 223 Å². The smallest absolute Gasteiger partial charge is 0.227 e. The topological polar surface area (TPSA) is 69.6 Å². The summed E-state index contributed by atoms with van der Waals surface area (Å²) >= 11 is 0. The summed E-state index contributed by atoms with van der Waals surface area (Å²) in [7, 11) is 0. The summed E-state index contributed by atoms with van der Waals surface area (Å²) in [6, 6.07) is 79.4. The van der Waals surface area contributed by atoms with Crippen molar-refractivity contribution < 1.29 is 4.42 Å². The fourth-order valence-electron chi connectivity index (χ4n) is 11.6. The average Bonchev–Trinajstić information content (AvgIpc) is 4.21. The lowest BCUT2D eigenvalue weighted by Crippen LogP contribution is -2.30. The first-order valence-electron chi connectivity index (χ1n) is 25.3. The van der Waals surface area contributed by atoms with Gasteiger partial charge in [-0.3, -0.25) is 0 Å². The van der Waals surface area contributed by atoms with Gasteiger partial charge in [0.2, 0.25) is 5.89 Å². The molecule has 2 aliphatic carbocycles. The van der Waals surface area contributed by atoms with Crippen molar-refractivity contribution >= 4 is 66.8 Å². The Morgan fingerprint density at radius 3 is 1.78 bits per heavy atom. The third kappa shape index (κ3) is 6.80. The van der Waals surface area contributed by atoms with E-state index in [1.165, 1.54) is 16.3 Å². The van der Waals surface area contributed by atoms with Crippen LogP contribution in [0.5, 0.6) is 0 Å². The summed E-state index contributed by atoms with van der Waals surface area (Å²) in [5.41, 5.74) is 17.0. The number of oxazole rings is 1. The van der Waals surface area contributed by atoms with Gasteiger partial charge in [0.25, 0.3) is 0 Å². The number of rotatable bonds is 7. The summed E-state index contributed by atoms with van der Waals surface area (Å²) in [5, 5.41) is 7.77. The summed E-state index contributed by atoms with van der Waals surface area (Å²) in [5.74, 6) is 2.42. The lowest BCUT2D eigenvalue weighted by molar-refractivity contribution is 0.531. The van der Waals surface area contributed by atoms with Crippen molar-refractivity contribution in [3.8, 4) is 67.6 Å². The maximum absolute atomic E-state index is 7.14. The second-order valence-electron chi connectivity index (χ2n) is 19.2. The Hall–Kier alpha value is -9.78. The molecule has 0 bridgehead atoms. The van der Waals surface area contributed by atoms with Crippen molar-refractivity contribution in [1.82, 2.24) is 24.5 Å². The van der Waals surface area contributed by atoms with Crippen LogP contribution in [-0.4, -0.2) is 24.5 Å². The molecule has 0 N–H and O–H groups in total. The van der Waals surface area contributed by atoms with Gasteiger partial charge in [-0.15, -0.1) is 0 Å². The van der Waals surface area contributed by atoms with Crippen LogP contribution in [0.4, 0.5) is 0 Å². The molecule has 346 valence electrons. The molecule has 15 rings (SSSR count). The van der Waals surface area contributed by atoms with E-state index in [-0.39, 0.29) is 0 Å². The summed E-state index contributed by atoms with van der Waals surface area (Å²) < 4.78 is 9.61. The fourth-order valence-corrected chi connectivity index (χ4v) is 11.6. The predicted molar refractivity (Wildman–Crippen MR) is 302 cm³/mol. The highest BCUT2D eigenvalue weighted by atomic mass is 16.3. The van der Waals surface area contributed by atoms with Gasteiger partial charge >= 0.3 is 0 Å².